The summed E-state index contributed by atoms with van der Waals surface area (Å²) >= 11 is 1.66. The van der Waals surface area contributed by atoms with E-state index >= 15 is 0 Å². The molecule has 3 heterocycles. The van der Waals surface area contributed by atoms with Crippen LogP contribution in [0.2, 0.25) is 0 Å². The lowest BCUT2D eigenvalue weighted by molar-refractivity contribution is -0.141. The van der Waals surface area contributed by atoms with E-state index in [-0.39, 0.29) is 18.3 Å². The number of aliphatic imine (C=N–C) groups is 1. The molecular formula is C28H27N5O3S. The highest BCUT2D eigenvalue weighted by atomic mass is 32.1. The Kier molecular flexibility index (Phi) is 6.71. The fourth-order valence-corrected chi connectivity index (χ4v) is 5.68. The number of anilines is 1. The van der Waals surface area contributed by atoms with Crippen molar-refractivity contribution in [2.75, 3.05) is 12.4 Å². The molecular weight excluding hydrogens is 486 g/mol. The number of rotatable bonds is 6. The van der Waals surface area contributed by atoms with Crippen LogP contribution in [0, 0.1) is 20.8 Å². The normalized spacial score (nSPS) is 14.3. The number of aromatic nitrogens is 3. The SMILES string of the molecule is COC(=O)C[C@@H]1N=C(c2ccc(NC(=O)Cc3ccccc3)cc2)c2c(sc(C)c2C)-n2c(C)nnc21. The molecule has 1 aliphatic heterocycles. The Hall–Kier alpha value is -4.11. The van der Waals surface area contributed by atoms with E-state index in [1.165, 1.54) is 12.0 Å². The van der Waals surface area contributed by atoms with Crippen LogP contribution in [0.1, 0.15) is 51.2 Å². The summed E-state index contributed by atoms with van der Waals surface area (Å²) in [5.74, 6) is 0.907. The fourth-order valence-electron chi connectivity index (χ4n) is 4.46. The lowest BCUT2D eigenvalue weighted by atomic mass is 9.99. The van der Waals surface area contributed by atoms with E-state index in [0.29, 0.717) is 17.9 Å². The van der Waals surface area contributed by atoms with Gasteiger partial charge in [-0.3, -0.25) is 19.1 Å². The standard InChI is InChI=1S/C28H27N5O3S/c1-16-17(2)37-28-25(16)26(30-22(15-24(35)36-4)27-32-31-18(3)33(27)28)20-10-12-21(13-11-20)29-23(34)14-19-8-6-5-7-9-19/h5-13,22H,14-15H2,1-4H3,(H,29,34)/t22-/m0/s1. The number of fused-ring (bicyclic) bond motifs is 3. The van der Waals surface area contributed by atoms with E-state index in [2.05, 4.69) is 29.4 Å². The maximum Gasteiger partial charge on any atom is 0.308 e. The van der Waals surface area contributed by atoms with Crippen molar-refractivity contribution in [3.63, 3.8) is 0 Å². The van der Waals surface area contributed by atoms with Gasteiger partial charge in [0.05, 0.1) is 25.7 Å². The molecule has 5 rings (SSSR count). The fraction of sp³-hybridized carbons (Fsp3) is 0.250. The molecule has 37 heavy (non-hydrogen) atoms. The number of carbonyl (C=O) groups excluding carboxylic acids is 2. The number of nitrogens with zero attached hydrogens (tertiary/aromatic N) is 4. The van der Waals surface area contributed by atoms with Crippen molar-refractivity contribution in [1.82, 2.24) is 14.8 Å². The van der Waals surface area contributed by atoms with Crippen molar-refractivity contribution in [2.45, 2.75) is 39.7 Å². The van der Waals surface area contributed by atoms with E-state index < -0.39 is 6.04 Å². The van der Waals surface area contributed by atoms with E-state index in [1.807, 2.05) is 66.1 Å². The van der Waals surface area contributed by atoms with E-state index in [4.69, 9.17) is 9.73 Å². The highest BCUT2D eigenvalue weighted by Gasteiger charge is 2.32. The van der Waals surface area contributed by atoms with Crippen LogP contribution in [-0.4, -0.2) is 39.5 Å². The highest BCUT2D eigenvalue weighted by Crippen LogP contribution is 2.39. The lowest BCUT2D eigenvalue weighted by Gasteiger charge is -2.12. The Morgan fingerprint density at radius 1 is 1.03 bits per heavy atom. The van der Waals surface area contributed by atoms with Gasteiger partial charge in [-0.05, 0) is 44.0 Å². The summed E-state index contributed by atoms with van der Waals surface area (Å²) in [4.78, 5) is 31.0. The molecule has 1 aliphatic rings. The summed E-state index contributed by atoms with van der Waals surface area (Å²) in [6.45, 7) is 6.07. The molecule has 1 amide bonds. The van der Waals surface area contributed by atoms with Gasteiger partial charge >= 0.3 is 5.97 Å². The van der Waals surface area contributed by atoms with Crippen LogP contribution < -0.4 is 5.32 Å². The van der Waals surface area contributed by atoms with Gasteiger partial charge in [-0.15, -0.1) is 21.5 Å². The minimum absolute atomic E-state index is 0.0543. The third-order valence-corrected chi connectivity index (χ3v) is 7.67. The monoisotopic (exact) mass is 513 g/mol. The van der Waals surface area contributed by atoms with Gasteiger partial charge in [-0.25, -0.2) is 0 Å². The van der Waals surface area contributed by atoms with Crippen molar-refractivity contribution in [3.8, 4) is 5.00 Å². The number of amides is 1. The zero-order chi connectivity index (χ0) is 26.1. The third kappa shape index (κ3) is 4.82. The molecule has 9 heteroatoms. The Morgan fingerprint density at radius 2 is 1.76 bits per heavy atom. The smallest absolute Gasteiger partial charge is 0.308 e. The second-order valence-electron chi connectivity index (χ2n) is 8.97. The van der Waals surface area contributed by atoms with Crippen LogP contribution in [0.25, 0.3) is 5.00 Å². The molecule has 0 bridgehead atoms. The van der Waals surface area contributed by atoms with Crippen molar-refractivity contribution in [1.29, 1.82) is 0 Å². The average Bonchev–Trinajstić information content (AvgIpc) is 3.37. The number of hydrogen-bond acceptors (Lipinski definition) is 7. The predicted molar refractivity (Wildman–Crippen MR) is 144 cm³/mol. The highest BCUT2D eigenvalue weighted by molar-refractivity contribution is 7.15. The van der Waals surface area contributed by atoms with Crippen molar-refractivity contribution in [3.05, 3.63) is 93.4 Å². The molecule has 0 spiro atoms. The number of benzene rings is 2. The van der Waals surface area contributed by atoms with Gasteiger partial charge in [0.15, 0.2) is 5.82 Å². The van der Waals surface area contributed by atoms with Gasteiger partial charge in [0, 0.05) is 21.7 Å². The molecule has 0 saturated carbocycles. The lowest BCUT2D eigenvalue weighted by Crippen LogP contribution is -2.14. The maximum atomic E-state index is 12.5. The number of carbonyl (C=O) groups is 2. The molecule has 4 aromatic rings. The van der Waals surface area contributed by atoms with Crippen molar-refractivity contribution >= 4 is 34.6 Å². The topological polar surface area (TPSA) is 98.5 Å². The van der Waals surface area contributed by atoms with E-state index in [9.17, 15) is 9.59 Å². The molecule has 2 aromatic heterocycles. The van der Waals surface area contributed by atoms with Gasteiger partial charge in [-0.2, -0.15) is 0 Å². The zero-order valence-electron chi connectivity index (χ0n) is 21.1. The van der Waals surface area contributed by atoms with Gasteiger partial charge in [0.1, 0.15) is 16.9 Å². The summed E-state index contributed by atoms with van der Waals surface area (Å²) in [5, 5.41) is 12.6. The second-order valence-corrected chi connectivity index (χ2v) is 10.2. The second kappa shape index (κ2) is 10.1. The first-order valence-electron chi connectivity index (χ1n) is 12.0. The van der Waals surface area contributed by atoms with Crippen LogP contribution in [0.3, 0.4) is 0 Å². The number of ether oxygens (including phenoxy) is 1. The third-order valence-electron chi connectivity index (χ3n) is 6.48. The van der Waals surface area contributed by atoms with Crippen LogP contribution in [0.15, 0.2) is 59.6 Å². The first-order chi connectivity index (χ1) is 17.9. The van der Waals surface area contributed by atoms with Crippen molar-refractivity contribution < 1.29 is 14.3 Å². The van der Waals surface area contributed by atoms with Gasteiger partial charge in [0.2, 0.25) is 5.91 Å². The summed E-state index contributed by atoms with van der Waals surface area (Å²) < 4.78 is 6.95. The van der Waals surface area contributed by atoms with Crippen LogP contribution >= 0.6 is 11.3 Å². The summed E-state index contributed by atoms with van der Waals surface area (Å²) in [6, 6.07) is 16.7. The molecule has 1 N–H and O–H groups in total. The number of methoxy groups -OCH3 is 1. The Balaban J connectivity index is 1.51. The molecule has 0 unspecified atom stereocenters. The maximum absolute atomic E-state index is 12.5. The van der Waals surface area contributed by atoms with Gasteiger partial charge in [0.25, 0.3) is 0 Å². The van der Waals surface area contributed by atoms with Crippen LogP contribution in [0.5, 0.6) is 0 Å². The molecule has 188 valence electrons. The average molecular weight is 514 g/mol. The van der Waals surface area contributed by atoms with Crippen LogP contribution in [0.4, 0.5) is 5.69 Å². The summed E-state index contributed by atoms with van der Waals surface area (Å²) in [7, 11) is 1.37. The first kappa shape index (κ1) is 24.6. The number of aryl methyl sites for hydroxylation is 2. The number of thiophene rings is 1. The summed E-state index contributed by atoms with van der Waals surface area (Å²) in [5.41, 5.74) is 5.44. The number of hydrogen-bond donors (Lipinski definition) is 1. The molecule has 0 radical (unpaired) electrons. The quantitative estimate of drug-likeness (QED) is 0.370. The number of esters is 1. The number of nitrogens with one attached hydrogen (secondary N) is 1. The Morgan fingerprint density at radius 3 is 2.46 bits per heavy atom. The summed E-state index contributed by atoms with van der Waals surface area (Å²) in [6.07, 6.45) is 0.360. The van der Waals surface area contributed by atoms with E-state index in [1.54, 1.807) is 11.3 Å². The van der Waals surface area contributed by atoms with Gasteiger partial charge in [-0.1, -0.05) is 42.5 Å². The molecule has 1 atom stereocenters. The van der Waals surface area contributed by atoms with E-state index in [0.717, 1.165) is 38.8 Å². The molecule has 8 nitrogen and oxygen atoms in total. The van der Waals surface area contributed by atoms with Crippen molar-refractivity contribution in [2.24, 2.45) is 4.99 Å². The molecule has 0 aliphatic carbocycles. The molecule has 0 fully saturated rings. The molecule has 2 aromatic carbocycles. The Labute approximate surface area is 219 Å². The predicted octanol–water partition coefficient (Wildman–Crippen LogP) is 4.89. The molecule has 0 saturated heterocycles. The van der Waals surface area contributed by atoms with Gasteiger partial charge < -0.3 is 10.1 Å². The zero-order valence-corrected chi connectivity index (χ0v) is 21.9. The minimum Gasteiger partial charge on any atom is -0.469 e. The van der Waals surface area contributed by atoms with Crippen LogP contribution in [-0.2, 0) is 20.7 Å². The first-order valence-corrected chi connectivity index (χ1v) is 12.8. The largest absolute Gasteiger partial charge is 0.469 e. The minimum atomic E-state index is -0.548. The Bertz CT molecular complexity index is 1500.